The molecule has 1 aliphatic carbocycles. The number of alkyl halides is 1. The van der Waals surface area contributed by atoms with Crippen LogP contribution in [0.4, 0.5) is 0 Å². The molecule has 0 atom stereocenters. The molecular formula is C18H24BrNO2. The van der Waals surface area contributed by atoms with Gasteiger partial charge in [-0.1, -0.05) is 41.3 Å². The van der Waals surface area contributed by atoms with E-state index in [1.807, 2.05) is 24.8 Å². The summed E-state index contributed by atoms with van der Waals surface area (Å²) in [5.74, 6) is 0.145. The molecule has 2 rings (SSSR count). The topological polar surface area (TPSA) is 37.4 Å². The van der Waals surface area contributed by atoms with Crippen LogP contribution in [-0.2, 0) is 0 Å². The molecule has 1 aliphatic rings. The van der Waals surface area contributed by atoms with Crippen LogP contribution in [0.15, 0.2) is 18.2 Å². The van der Waals surface area contributed by atoms with Crippen LogP contribution in [0.2, 0.25) is 0 Å². The van der Waals surface area contributed by atoms with E-state index in [1.165, 1.54) is 19.3 Å². The van der Waals surface area contributed by atoms with Crippen molar-refractivity contribution in [3.05, 3.63) is 34.9 Å². The fourth-order valence-electron chi connectivity index (χ4n) is 3.31. The standard InChI is InChI=1S/C18H24BrNO2/c1-3-20(15-7-5-4-6-8-15)18(22)14-9-10-16(13(2)11-14)17(21)12-19/h9-11,15H,3-8,12H2,1-2H3. The summed E-state index contributed by atoms with van der Waals surface area (Å²) in [7, 11) is 0. The third-order valence-electron chi connectivity index (χ3n) is 4.51. The number of halogens is 1. The molecule has 0 aliphatic heterocycles. The van der Waals surface area contributed by atoms with Crippen molar-refractivity contribution in [2.24, 2.45) is 0 Å². The zero-order valence-corrected chi connectivity index (χ0v) is 15.0. The van der Waals surface area contributed by atoms with Gasteiger partial charge in [0.15, 0.2) is 5.78 Å². The Labute approximate surface area is 141 Å². The number of Topliss-reactive ketones (excluding diaryl/α,β-unsaturated/α-hetero) is 1. The van der Waals surface area contributed by atoms with Gasteiger partial charge in [0.2, 0.25) is 0 Å². The Bertz CT molecular complexity index is 550. The molecule has 0 bridgehead atoms. The lowest BCUT2D eigenvalue weighted by Gasteiger charge is -2.33. The third-order valence-corrected chi connectivity index (χ3v) is 5.02. The maximum absolute atomic E-state index is 12.8. The van der Waals surface area contributed by atoms with Gasteiger partial charge < -0.3 is 4.90 Å². The minimum Gasteiger partial charge on any atom is -0.336 e. The largest absolute Gasteiger partial charge is 0.336 e. The van der Waals surface area contributed by atoms with E-state index in [4.69, 9.17) is 0 Å². The number of hydrogen-bond acceptors (Lipinski definition) is 2. The zero-order valence-electron chi connectivity index (χ0n) is 13.4. The Morgan fingerprint density at radius 1 is 1.23 bits per heavy atom. The van der Waals surface area contributed by atoms with Gasteiger partial charge in [0.05, 0.1) is 5.33 Å². The van der Waals surface area contributed by atoms with Crippen molar-refractivity contribution in [3.63, 3.8) is 0 Å². The minimum absolute atomic E-state index is 0.0520. The van der Waals surface area contributed by atoms with E-state index in [9.17, 15) is 9.59 Å². The van der Waals surface area contributed by atoms with Crippen molar-refractivity contribution >= 4 is 27.6 Å². The van der Waals surface area contributed by atoms with Crippen LogP contribution < -0.4 is 0 Å². The van der Waals surface area contributed by atoms with Crippen molar-refractivity contribution < 1.29 is 9.59 Å². The lowest BCUT2D eigenvalue weighted by molar-refractivity contribution is 0.0647. The molecule has 1 saturated carbocycles. The van der Waals surface area contributed by atoms with Crippen LogP contribution in [0.1, 0.15) is 65.3 Å². The molecule has 1 amide bonds. The summed E-state index contributed by atoms with van der Waals surface area (Å²) in [6, 6.07) is 5.79. The lowest BCUT2D eigenvalue weighted by Crippen LogP contribution is -2.41. The molecule has 0 spiro atoms. The number of aryl methyl sites for hydroxylation is 1. The third kappa shape index (κ3) is 3.78. The molecule has 22 heavy (non-hydrogen) atoms. The molecule has 120 valence electrons. The van der Waals surface area contributed by atoms with E-state index >= 15 is 0 Å². The summed E-state index contributed by atoms with van der Waals surface area (Å²) in [5, 5.41) is 0.310. The molecule has 3 nitrogen and oxygen atoms in total. The number of carbonyl (C=O) groups is 2. The molecule has 0 unspecified atom stereocenters. The van der Waals surface area contributed by atoms with Crippen LogP contribution in [0, 0.1) is 6.92 Å². The van der Waals surface area contributed by atoms with Crippen molar-refractivity contribution in [1.82, 2.24) is 4.90 Å². The van der Waals surface area contributed by atoms with Crippen LogP contribution in [0.25, 0.3) is 0 Å². The highest BCUT2D eigenvalue weighted by Crippen LogP contribution is 2.24. The van der Waals surface area contributed by atoms with Gasteiger partial charge in [-0.15, -0.1) is 0 Å². The number of nitrogens with zero attached hydrogens (tertiary/aromatic N) is 1. The fraction of sp³-hybridized carbons (Fsp3) is 0.556. The van der Waals surface area contributed by atoms with Crippen LogP contribution >= 0.6 is 15.9 Å². The molecule has 0 aromatic heterocycles. The monoisotopic (exact) mass is 365 g/mol. The molecule has 1 aromatic rings. The van der Waals surface area contributed by atoms with Crippen LogP contribution in [0.5, 0.6) is 0 Å². The molecule has 1 aromatic carbocycles. The van der Waals surface area contributed by atoms with E-state index in [2.05, 4.69) is 15.9 Å². The summed E-state index contributed by atoms with van der Waals surface area (Å²) >= 11 is 3.19. The lowest BCUT2D eigenvalue weighted by atomic mass is 9.93. The molecule has 0 radical (unpaired) electrons. The number of benzene rings is 1. The quantitative estimate of drug-likeness (QED) is 0.573. The molecular weight excluding hydrogens is 342 g/mol. The summed E-state index contributed by atoms with van der Waals surface area (Å²) in [6.45, 7) is 4.68. The average molecular weight is 366 g/mol. The van der Waals surface area contributed by atoms with Gasteiger partial charge >= 0.3 is 0 Å². The van der Waals surface area contributed by atoms with Gasteiger partial charge in [-0.25, -0.2) is 0 Å². The predicted molar refractivity (Wildman–Crippen MR) is 92.9 cm³/mol. The maximum atomic E-state index is 12.8. The fourth-order valence-corrected chi connectivity index (χ4v) is 3.61. The smallest absolute Gasteiger partial charge is 0.254 e. The number of ketones is 1. The molecule has 0 heterocycles. The normalized spacial score (nSPS) is 15.6. The number of rotatable bonds is 5. The molecule has 0 N–H and O–H groups in total. The molecule has 0 saturated heterocycles. The summed E-state index contributed by atoms with van der Waals surface area (Å²) in [5.41, 5.74) is 2.25. The first kappa shape index (κ1) is 17.2. The molecule has 1 fully saturated rings. The van der Waals surface area contributed by atoms with Gasteiger partial charge in [-0.05, 0) is 44.4 Å². The minimum atomic E-state index is 0.0520. The van der Waals surface area contributed by atoms with E-state index in [1.54, 1.807) is 12.1 Å². The number of carbonyl (C=O) groups excluding carboxylic acids is 2. The van der Waals surface area contributed by atoms with Crippen LogP contribution in [-0.4, -0.2) is 34.5 Å². The average Bonchev–Trinajstić information content (AvgIpc) is 2.55. The second-order valence-electron chi connectivity index (χ2n) is 5.97. The summed E-state index contributed by atoms with van der Waals surface area (Å²) in [6.07, 6.45) is 5.93. The Morgan fingerprint density at radius 2 is 1.91 bits per heavy atom. The van der Waals surface area contributed by atoms with Gasteiger partial charge in [0, 0.05) is 23.7 Å². The number of amides is 1. The van der Waals surface area contributed by atoms with Crippen LogP contribution in [0.3, 0.4) is 0 Å². The zero-order chi connectivity index (χ0) is 16.1. The van der Waals surface area contributed by atoms with Crippen molar-refractivity contribution in [3.8, 4) is 0 Å². The van der Waals surface area contributed by atoms with E-state index in [0.29, 0.717) is 22.5 Å². The maximum Gasteiger partial charge on any atom is 0.254 e. The second-order valence-corrected chi connectivity index (χ2v) is 6.53. The Balaban J connectivity index is 2.20. The van der Waals surface area contributed by atoms with E-state index in [-0.39, 0.29) is 11.7 Å². The first-order chi connectivity index (χ1) is 10.6. The van der Waals surface area contributed by atoms with Crippen molar-refractivity contribution in [2.45, 2.75) is 52.0 Å². The van der Waals surface area contributed by atoms with Gasteiger partial charge in [0.1, 0.15) is 0 Å². The highest BCUT2D eigenvalue weighted by atomic mass is 79.9. The van der Waals surface area contributed by atoms with Gasteiger partial charge in [0.25, 0.3) is 5.91 Å². The SMILES string of the molecule is CCN(C(=O)c1ccc(C(=O)CBr)c(C)c1)C1CCCCC1. The van der Waals surface area contributed by atoms with Crippen molar-refractivity contribution in [2.75, 3.05) is 11.9 Å². The second kappa shape index (κ2) is 7.91. The highest BCUT2D eigenvalue weighted by Gasteiger charge is 2.25. The molecule has 4 heteroatoms. The highest BCUT2D eigenvalue weighted by molar-refractivity contribution is 9.09. The Kier molecular flexibility index (Phi) is 6.18. The van der Waals surface area contributed by atoms with Gasteiger partial charge in [-0.2, -0.15) is 0 Å². The Morgan fingerprint density at radius 3 is 2.45 bits per heavy atom. The number of hydrogen-bond donors (Lipinski definition) is 0. The first-order valence-corrected chi connectivity index (χ1v) is 9.21. The Hall–Kier alpha value is -1.16. The van der Waals surface area contributed by atoms with Crippen molar-refractivity contribution in [1.29, 1.82) is 0 Å². The summed E-state index contributed by atoms with van der Waals surface area (Å²) in [4.78, 5) is 26.6. The first-order valence-electron chi connectivity index (χ1n) is 8.09. The summed E-state index contributed by atoms with van der Waals surface area (Å²) < 4.78 is 0. The van der Waals surface area contributed by atoms with E-state index in [0.717, 1.165) is 24.9 Å². The predicted octanol–water partition coefficient (Wildman–Crippen LogP) is 4.37. The van der Waals surface area contributed by atoms with E-state index < -0.39 is 0 Å². The van der Waals surface area contributed by atoms with Gasteiger partial charge in [-0.3, -0.25) is 9.59 Å².